The van der Waals surface area contributed by atoms with Crippen molar-refractivity contribution in [3.63, 3.8) is 0 Å². The molecule has 1 atom stereocenters. The van der Waals surface area contributed by atoms with Crippen LogP contribution in [0.15, 0.2) is 12.5 Å². The fraction of sp³-hybridized carbons (Fsp3) is 0.733. The zero-order valence-electron chi connectivity index (χ0n) is 13.2. The molecule has 1 fully saturated rings. The van der Waals surface area contributed by atoms with E-state index in [-0.39, 0.29) is 18.6 Å². The van der Waals surface area contributed by atoms with Crippen LogP contribution >= 0.6 is 0 Å². The second-order valence-electron chi connectivity index (χ2n) is 6.20. The van der Waals surface area contributed by atoms with Gasteiger partial charge in [-0.25, -0.2) is 4.98 Å². The second-order valence-corrected chi connectivity index (χ2v) is 6.20. The number of piperazine rings is 1. The van der Waals surface area contributed by atoms with Crippen molar-refractivity contribution in [2.45, 2.75) is 26.3 Å². The highest BCUT2D eigenvalue weighted by Crippen LogP contribution is 2.17. The highest BCUT2D eigenvalue weighted by atomic mass is 16.3. The Morgan fingerprint density at radius 1 is 1.48 bits per heavy atom. The van der Waals surface area contributed by atoms with Gasteiger partial charge < -0.3 is 14.6 Å². The van der Waals surface area contributed by atoms with Crippen LogP contribution in [0, 0.1) is 5.92 Å². The molecule has 1 amide bonds. The minimum absolute atomic E-state index is 0.0298. The van der Waals surface area contributed by atoms with Crippen LogP contribution in [0.4, 0.5) is 0 Å². The highest BCUT2D eigenvalue weighted by molar-refractivity contribution is 5.92. The molecule has 6 heteroatoms. The normalized spacial score (nSPS) is 20.2. The molecule has 2 heterocycles. The number of rotatable bonds is 5. The van der Waals surface area contributed by atoms with Gasteiger partial charge in [-0.05, 0) is 12.3 Å². The summed E-state index contributed by atoms with van der Waals surface area (Å²) in [5, 5.41) is 9.28. The summed E-state index contributed by atoms with van der Waals surface area (Å²) in [5.41, 5.74) is 0.620. The van der Waals surface area contributed by atoms with Gasteiger partial charge >= 0.3 is 0 Å². The van der Waals surface area contributed by atoms with Crippen molar-refractivity contribution in [1.82, 2.24) is 19.4 Å². The number of aliphatic hydroxyl groups is 1. The lowest BCUT2D eigenvalue weighted by atomic mass is 10.1. The summed E-state index contributed by atoms with van der Waals surface area (Å²) in [7, 11) is 1.83. The lowest BCUT2D eigenvalue weighted by Gasteiger charge is -2.42. The summed E-state index contributed by atoms with van der Waals surface area (Å²) in [5.74, 6) is 0.618. The summed E-state index contributed by atoms with van der Waals surface area (Å²) in [6.45, 7) is 7.85. The number of carbonyl (C=O) groups excluding carboxylic acids is 1. The Labute approximate surface area is 126 Å². The molecule has 0 unspecified atom stereocenters. The van der Waals surface area contributed by atoms with E-state index in [4.69, 9.17) is 0 Å². The molecular formula is C15H26N4O2. The van der Waals surface area contributed by atoms with Crippen LogP contribution < -0.4 is 0 Å². The fourth-order valence-electron chi connectivity index (χ4n) is 2.93. The Bertz CT molecular complexity index is 472. The van der Waals surface area contributed by atoms with Crippen LogP contribution in [-0.4, -0.2) is 69.2 Å². The van der Waals surface area contributed by atoms with Gasteiger partial charge in [0.05, 0.1) is 12.5 Å². The molecule has 21 heavy (non-hydrogen) atoms. The maximum Gasteiger partial charge on any atom is 0.272 e. The number of aromatic nitrogens is 2. The van der Waals surface area contributed by atoms with E-state index < -0.39 is 0 Å². The maximum absolute atomic E-state index is 12.5. The van der Waals surface area contributed by atoms with Crippen molar-refractivity contribution in [3.8, 4) is 0 Å². The Morgan fingerprint density at radius 2 is 2.24 bits per heavy atom. The molecule has 0 saturated carbocycles. The van der Waals surface area contributed by atoms with E-state index in [2.05, 4.69) is 23.7 Å². The SMILES string of the molecule is CC(C)CN1CCN(C(=O)c2cncn2C)C[C@H]1CCO. The summed E-state index contributed by atoms with van der Waals surface area (Å²) in [6.07, 6.45) is 3.97. The van der Waals surface area contributed by atoms with Crippen LogP contribution in [-0.2, 0) is 7.05 Å². The number of amides is 1. The molecule has 0 bridgehead atoms. The third kappa shape index (κ3) is 3.83. The van der Waals surface area contributed by atoms with Gasteiger partial charge in [0, 0.05) is 45.9 Å². The molecule has 6 nitrogen and oxygen atoms in total. The van der Waals surface area contributed by atoms with Gasteiger partial charge in [0.1, 0.15) is 5.69 Å². The van der Waals surface area contributed by atoms with Crippen molar-refractivity contribution < 1.29 is 9.90 Å². The van der Waals surface area contributed by atoms with Gasteiger partial charge in [0.2, 0.25) is 0 Å². The number of nitrogens with zero attached hydrogens (tertiary/aromatic N) is 4. The van der Waals surface area contributed by atoms with Crippen LogP contribution in [0.2, 0.25) is 0 Å². The summed E-state index contributed by atoms with van der Waals surface area (Å²) in [6, 6.07) is 0.239. The number of aryl methyl sites for hydroxylation is 1. The second kappa shape index (κ2) is 7.04. The topological polar surface area (TPSA) is 61.6 Å². The molecule has 1 N–H and O–H groups in total. The van der Waals surface area contributed by atoms with Crippen molar-refractivity contribution >= 4 is 5.91 Å². The number of imidazole rings is 1. The third-order valence-corrected chi connectivity index (χ3v) is 3.99. The molecule has 1 saturated heterocycles. The van der Waals surface area contributed by atoms with Crippen LogP contribution in [0.3, 0.4) is 0 Å². The van der Waals surface area contributed by atoms with Crippen molar-refractivity contribution in [3.05, 3.63) is 18.2 Å². The zero-order valence-corrected chi connectivity index (χ0v) is 13.2. The molecule has 2 rings (SSSR count). The smallest absolute Gasteiger partial charge is 0.272 e. The van der Waals surface area contributed by atoms with Gasteiger partial charge in [-0.1, -0.05) is 13.8 Å². The largest absolute Gasteiger partial charge is 0.396 e. The molecule has 0 spiro atoms. The summed E-state index contributed by atoms with van der Waals surface area (Å²) >= 11 is 0. The van der Waals surface area contributed by atoms with Gasteiger partial charge in [-0.15, -0.1) is 0 Å². The van der Waals surface area contributed by atoms with E-state index >= 15 is 0 Å². The molecule has 0 aliphatic carbocycles. The zero-order chi connectivity index (χ0) is 15.4. The standard InChI is InChI=1S/C15H26N4O2/c1-12(2)9-18-5-6-19(10-13(18)4-7-20)15(21)14-8-16-11-17(14)3/h8,11-13,20H,4-7,9-10H2,1-3H3/t13-/m1/s1. The average Bonchev–Trinajstić information content (AvgIpc) is 2.86. The quantitative estimate of drug-likeness (QED) is 0.863. The first kappa shape index (κ1) is 16.0. The molecule has 1 aromatic rings. The number of aliphatic hydroxyl groups excluding tert-OH is 1. The Balaban J connectivity index is 2.04. The van der Waals surface area contributed by atoms with Crippen LogP contribution in [0.1, 0.15) is 30.8 Å². The van der Waals surface area contributed by atoms with E-state index in [1.54, 1.807) is 17.1 Å². The number of hydrogen-bond acceptors (Lipinski definition) is 4. The lowest BCUT2D eigenvalue weighted by molar-refractivity contribution is 0.0378. The Morgan fingerprint density at radius 3 is 2.81 bits per heavy atom. The van der Waals surface area contributed by atoms with E-state index in [9.17, 15) is 9.90 Å². The molecule has 118 valence electrons. The van der Waals surface area contributed by atoms with Gasteiger partial charge in [0.15, 0.2) is 0 Å². The van der Waals surface area contributed by atoms with Gasteiger partial charge in [-0.3, -0.25) is 9.69 Å². The molecular weight excluding hydrogens is 268 g/mol. The molecule has 1 aromatic heterocycles. The Kier molecular flexibility index (Phi) is 5.36. The molecule has 0 aromatic carbocycles. The van der Waals surface area contributed by atoms with Crippen molar-refractivity contribution in [2.75, 3.05) is 32.8 Å². The van der Waals surface area contributed by atoms with Crippen molar-refractivity contribution in [2.24, 2.45) is 13.0 Å². The Hall–Kier alpha value is -1.40. The highest BCUT2D eigenvalue weighted by Gasteiger charge is 2.30. The fourth-order valence-corrected chi connectivity index (χ4v) is 2.93. The molecule has 1 aliphatic rings. The summed E-state index contributed by atoms with van der Waals surface area (Å²) < 4.78 is 1.75. The lowest BCUT2D eigenvalue weighted by Crippen LogP contribution is -2.55. The first-order valence-electron chi connectivity index (χ1n) is 7.63. The monoisotopic (exact) mass is 294 g/mol. The van der Waals surface area contributed by atoms with E-state index in [0.717, 1.165) is 19.6 Å². The van der Waals surface area contributed by atoms with Crippen LogP contribution in [0.5, 0.6) is 0 Å². The number of hydrogen-bond donors (Lipinski definition) is 1. The first-order chi connectivity index (χ1) is 10.0. The average molecular weight is 294 g/mol. The summed E-state index contributed by atoms with van der Waals surface area (Å²) in [4.78, 5) is 20.8. The third-order valence-electron chi connectivity index (χ3n) is 3.99. The van der Waals surface area contributed by atoms with E-state index in [0.29, 0.717) is 24.6 Å². The van der Waals surface area contributed by atoms with Crippen LogP contribution in [0.25, 0.3) is 0 Å². The molecule has 0 radical (unpaired) electrons. The van der Waals surface area contributed by atoms with E-state index in [1.165, 1.54) is 0 Å². The maximum atomic E-state index is 12.5. The molecule has 1 aliphatic heterocycles. The number of carbonyl (C=O) groups is 1. The predicted octanol–water partition coefficient (Wildman–Crippen LogP) is 0.585. The van der Waals surface area contributed by atoms with E-state index in [1.807, 2.05) is 11.9 Å². The predicted molar refractivity (Wildman–Crippen MR) is 81.0 cm³/mol. The minimum atomic E-state index is 0.0298. The van der Waals surface area contributed by atoms with Crippen molar-refractivity contribution in [1.29, 1.82) is 0 Å². The first-order valence-corrected chi connectivity index (χ1v) is 7.63. The minimum Gasteiger partial charge on any atom is -0.396 e. The van der Waals surface area contributed by atoms with Gasteiger partial charge in [0.25, 0.3) is 5.91 Å². The van der Waals surface area contributed by atoms with Gasteiger partial charge in [-0.2, -0.15) is 0 Å².